The molecule has 0 fully saturated rings. The molecule has 0 aliphatic carbocycles. The van der Waals surface area contributed by atoms with Crippen molar-refractivity contribution in [3.63, 3.8) is 0 Å². The van der Waals surface area contributed by atoms with Gasteiger partial charge in [0, 0.05) is 0 Å². The second kappa shape index (κ2) is 5.36. The van der Waals surface area contributed by atoms with Gasteiger partial charge < -0.3 is 8.23 Å². The van der Waals surface area contributed by atoms with Gasteiger partial charge in [-0.05, 0) is 107 Å². The van der Waals surface area contributed by atoms with E-state index in [0.29, 0.717) is 0 Å². The molecular weight excluding hydrogens is 409 g/mol. The van der Waals surface area contributed by atoms with E-state index in [1.165, 1.54) is 42.3 Å². The zero-order valence-corrected chi connectivity index (χ0v) is 22.3. The molecule has 28 heavy (non-hydrogen) atoms. The number of fused-ring (bicyclic) bond motifs is 4. The fourth-order valence-corrected chi connectivity index (χ4v) is 26.1. The van der Waals surface area contributed by atoms with Gasteiger partial charge in [0.05, 0.1) is 0 Å². The van der Waals surface area contributed by atoms with Gasteiger partial charge in [-0.2, -0.15) is 0 Å². The van der Waals surface area contributed by atoms with Crippen LogP contribution in [0, 0.1) is 0 Å². The van der Waals surface area contributed by atoms with Gasteiger partial charge in [0.25, 0.3) is 0 Å². The molecule has 3 aromatic rings. The Kier molecular flexibility index (Phi) is 3.63. The lowest BCUT2D eigenvalue weighted by Crippen LogP contribution is -2.44. The summed E-state index contributed by atoms with van der Waals surface area (Å²) in [5.41, 5.74) is 0. The maximum Gasteiger partial charge on any atom is 0.206 e. The fraction of sp³-hybridized carbons (Fsp3) is 0.364. The quantitative estimate of drug-likeness (QED) is 0.393. The Morgan fingerprint density at radius 3 is 0.821 bits per heavy atom. The fourth-order valence-electron chi connectivity index (χ4n) is 5.59. The van der Waals surface area contributed by atoms with Crippen molar-refractivity contribution in [2.75, 3.05) is 0 Å². The summed E-state index contributed by atoms with van der Waals surface area (Å²) in [6.45, 7) is 18.8. The van der Waals surface area contributed by atoms with Crippen LogP contribution in [0.1, 0.15) is 0 Å². The van der Waals surface area contributed by atoms with E-state index in [1.54, 1.807) is 0 Å². The first-order valence-electron chi connectivity index (χ1n) is 10.3. The van der Waals surface area contributed by atoms with E-state index in [0.717, 1.165) is 0 Å². The summed E-state index contributed by atoms with van der Waals surface area (Å²) in [4.78, 5) is 0. The molecule has 0 saturated carbocycles. The molecule has 2 nitrogen and oxygen atoms in total. The summed E-state index contributed by atoms with van der Waals surface area (Å²) in [7, 11) is -7.14. The number of hydrogen-bond acceptors (Lipinski definition) is 2. The Bertz CT molecular complexity index is 999. The molecule has 2 aliphatic rings. The van der Waals surface area contributed by atoms with Crippen LogP contribution in [-0.2, 0) is 8.23 Å². The van der Waals surface area contributed by atoms with Gasteiger partial charge in [0.15, 0.2) is 0 Å². The second-order valence-electron chi connectivity index (χ2n) is 10.6. The SMILES string of the molecule is C[Si]1(C)O[Si](C)(C)c2cc3cc4cc5c(cc4cc3cc21)[Si](C)(C)O[Si]5(C)C. The van der Waals surface area contributed by atoms with Gasteiger partial charge in [-0.3, -0.25) is 0 Å². The van der Waals surface area contributed by atoms with E-state index in [1.807, 2.05) is 0 Å². The van der Waals surface area contributed by atoms with E-state index in [-0.39, 0.29) is 0 Å². The van der Waals surface area contributed by atoms with Gasteiger partial charge in [-0.25, -0.2) is 0 Å². The molecule has 0 amide bonds. The van der Waals surface area contributed by atoms with Crippen molar-refractivity contribution in [1.29, 1.82) is 0 Å². The van der Waals surface area contributed by atoms with E-state index >= 15 is 0 Å². The Labute approximate surface area is 172 Å². The predicted octanol–water partition coefficient (Wildman–Crippen LogP) is 3.70. The van der Waals surface area contributed by atoms with E-state index in [9.17, 15) is 0 Å². The van der Waals surface area contributed by atoms with Gasteiger partial charge in [0.2, 0.25) is 33.3 Å². The zero-order valence-electron chi connectivity index (χ0n) is 18.3. The van der Waals surface area contributed by atoms with Crippen molar-refractivity contribution in [3.8, 4) is 0 Å². The summed E-state index contributed by atoms with van der Waals surface area (Å²) in [6.07, 6.45) is 0. The number of benzene rings is 3. The van der Waals surface area contributed by atoms with Crippen LogP contribution in [-0.4, -0.2) is 33.3 Å². The summed E-state index contributed by atoms with van der Waals surface area (Å²) in [6, 6.07) is 14.6. The minimum atomic E-state index is -1.79. The first-order chi connectivity index (χ1) is 12.8. The van der Waals surface area contributed by atoms with Gasteiger partial charge >= 0.3 is 0 Å². The zero-order chi connectivity index (χ0) is 20.3. The second-order valence-corrected chi connectivity index (χ2v) is 26.5. The largest absolute Gasteiger partial charge is 0.449 e. The van der Waals surface area contributed by atoms with Crippen LogP contribution in [0.4, 0.5) is 0 Å². The molecule has 0 atom stereocenters. The van der Waals surface area contributed by atoms with E-state index in [4.69, 9.17) is 8.23 Å². The number of hydrogen-bond donors (Lipinski definition) is 0. The normalized spacial score (nSPS) is 23.1. The third kappa shape index (κ3) is 2.55. The van der Waals surface area contributed by atoms with Crippen LogP contribution in [0.5, 0.6) is 0 Å². The molecule has 3 aromatic carbocycles. The first-order valence-corrected chi connectivity index (χ1v) is 21.9. The highest BCUT2D eigenvalue weighted by Gasteiger charge is 2.47. The van der Waals surface area contributed by atoms with Crippen LogP contribution >= 0.6 is 0 Å². The van der Waals surface area contributed by atoms with Crippen LogP contribution < -0.4 is 20.7 Å². The summed E-state index contributed by atoms with van der Waals surface area (Å²) < 4.78 is 13.3. The highest BCUT2D eigenvalue weighted by atomic mass is 28.4. The van der Waals surface area contributed by atoms with Gasteiger partial charge in [-0.15, -0.1) is 0 Å². The molecule has 146 valence electrons. The molecule has 0 aromatic heterocycles. The first kappa shape index (κ1) is 19.0. The Hall–Kier alpha value is -1.03. The third-order valence-electron chi connectivity index (χ3n) is 6.68. The standard InChI is InChI=1S/C22H30O2Si4/c1-25(2)19-11-15-9-17-13-21-22(28(7,8)24-27(21,5)6)14-18(17)10-16(15)12-20(19)26(3,4)23-25/h9-14H,1-8H3. The molecule has 5 rings (SSSR count). The number of rotatable bonds is 0. The third-order valence-corrected chi connectivity index (χ3v) is 22.2. The molecule has 0 bridgehead atoms. The topological polar surface area (TPSA) is 18.5 Å². The molecule has 0 saturated heterocycles. The maximum atomic E-state index is 6.67. The molecule has 6 heteroatoms. The highest BCUT2D eigenvalue weighted by molar-refractivity contribution is 7.06. The van der Waals surface area contributed by atoms with Crippen LogP contribution in [0.15, 0.2) is 36.4 Å². The average Bonchev–Trinajstić information content (AvgIpc) is 2.84. The highest BCUT2D eigenvalue weighted by Crippen LogP contribution is 2.29. The van der Waals surface area contributed by atoms with Crippen LogP contribution in [0.25, 0.3) is 21.5 Å². The molecular formula is C22H30O2Si4. The van der Waals surface area contributed by atoms with Crippen molar-refractivity contribution < 1.29 is 8.23 Å². The van der Waals surface area contributed by atoms with Gasteiger partial charge in [-0.1, -0.05) is 24.3 Å². The Morgan fingerprint density at radius 1 is 0.393 bits per heavy atom. The molecule has 0 spiro atoms. The van der Waals surface area contributed by atoms with Crippen molar-refractivity contribution >= 4 is 75.6 Å². The molecule has 0 unspecified atom stereocenters. The van der Waals surface area contributed by atoms with Gasteiger partial charge in [0.1, 0.15) is 0 Å². The smallest absolute Gasteiger partial charge is 0.206 e. The monoisotopic (exact) mass is 438 g/mol. The minimum absolute atomic E-state index is 1.36. The lowest BCUT2D eigenvalue weighted by molar-refractivity contribution is 0.582. The predicted molar refractivity (Wildman–Crippen MR) is 132 cm³/mol. The summed E-state index contributed by atoms with van der Waals surface area (Å²) in [5.74, 6) is 0. The van der Waals surface area contributed by atoms with E-state index < -0.39 is 33.3 Å². The van der Waals surface area contributed by atoms with Crippen LogP contribution in [0.3, 0.4) is 0 Å². The minimum Gasteiger partial charge on any atom is -0.449 e. The van der Waals surface area contributed by atoms with Crippen molar-refractivity contribution in [1.82, 2.24) is 0 Å². The molecule has 2 heterocycles. The average molecular weight is 439 g/mol. The maximum absolute atomic E-state index is 6.67. The summed E-state index contributed by atoms with van der Waals surface area (Å²) in [5, 5.41) is 11.5. The van der Waals surface area contributed by atoms with E-state index in [2.05, 4.69) is 88.8 Å². The molecule has 2 aliphatic heterocycles. The summed E-state index contributed by atoms with van der Waals surface area (Å²) >= 11 is 0. The Morgan fingerprint density at radius 2 is 0.607 bits per heavy atom. The molecule has 0 radical (unpaired) electrons. The van der Waals surface area contributed by atoms with Crippen molar-refractivity contribution in [2.24, 2.45) is 0 Å². The van der Waals surface area contributed by atoms with Crippen molar-refractivity contribution in [3.05, 3.63) is 36.4 Å². The van der Waals surface area contributed by atoms with Crippen molar-refractivity contribution in [2.45, 2.75) is 52.4 Å². The Balaban J connectivity index is 1.81. The lowest BCUT2D eigenvalue weighted by atomic mass is 10.0. The molecule has 0 N–H and O–H groups in total. The lowest BCUT2D eigenvalue weighted by Gasteiger charge is -2.22. The van der Waals surface area contributed by atoms with Crippen LogP contribution in [0.2, 0.25) is 52.4 Å².